The van der Waals surface area contributed by atoms with Crippen molar-refractivity contribution in [1.82, 2.24) is 14.1 Å². The molecule has 0 bridgehead atoms. The molecule has 0 N–H and O–H groups in total. The molecule has 28 heavy (non-hydrogen) atoms. The Hall–Kier alpha value is -2.52. The third-order valence-corrected chi connectivity index (χ3v) is 4.49. The van der Waals surface area contributed by atoms with E-state index in [9.17, 15) is 22.8 Å². The fraction of sp³-hybridized carbons (Fsp3) is 0.235. The number of halogens is 5. The molecule has 6 nitrogen and oxygen atoms in total. The zero-order chi connectivity index (χ0) is 20.6. The highest BCUT2D eigenvalue weighted by atomic mass is 35.5. The molecule has 11 heteroatoms. The first-order valence-electron chi connectivity index (χ1n) is 7.85. The molecule has 3 rings (SSSR count). The summed E-state index contributed by atoms with van der Waals surface area (Å²) >= 11 is 11.8. The van der Waals surface area contributed by atoms with E-state index in [1.165, 1.54) is 19.2 Å². The minimum absolute atomic E-state index is 0.0885. The van der Waals surface area contributed by atoms with Crippen molar-refractivity contribution in [3.63, 3.8) is 0 Å². The number of nitrogens with zero attached hydrogens (tertiary/aromatic N) is 3. The number of rotatable bonds is 4. The number of hydrogen-bond acceptors (Lipinski definition) is 4. The summed E-state index contributed by atoms with van der Waals surface area (Å²) < 4.78 is 45.7. The van der Waals surface area contributed by atoms with E-state index in [2.05, 4.69) is 4.98 Å². The van der Waals surface area contributed by atoms with Crippen LogP contribution in [-0.2, 0) is 19.8 Å². The summed E-state index contributed by atoms with van der Waals surface area (Å²) in [6, 6.07) is 6.28. The summed E-state index contributed by atoms with van der Waals surface area (Å²) in [4.78, 5) is 28.4. The van der Waals surface area contributed by atoms with Crippen molar-refractivity contribution in [2.45, 2.75) is 12.7 Å². The van der Waals surface area contributed by atoms with E-state index in [4.69, 9.17) is 27.9 Å². The maximum Gasteiger partial charge on any atom is 0.433 e. The summed E-state index contributed by atoms with van der Waals surface area (Å²) in [5, 5.41) is 0.577. The standard InChI is InChI=1S/C17H12Cl2F3N3O3/c1-24-14-10(3-5-13(23-14)17(20,21)22)15(26)25(16(24)27)6-7-28-12-8-9(18)2-4-11(12)19/h2-5,8H,6-7H2,1H3. The molecule has 0 saturated carbocycles. The molecule has 0 fully saturated rings. The predicted molar refractivity (Wildman–Crippen MR) is 98.2 cm³/mol. The first kappa shape index (κ1) is 20.2. The molecular formula is C17H12Cl2F3N3O3. The second-order valence-electron chi connectivity index (χ2n) is 5.79. The minimum Gasteiger partial charge on any atom is -0.490 e. The second kappa shape index (κ2) is 7.48. The number of fused-ring (bicyclic) bond motifs is 1. The van der Waals surface area contributed by atoms with Crippen LogP contribution in [0.1, 0.15) is 5.69 Å². The van der Waals surface area contributed by atoms with Crippen molar-refractivity contribution in [2.75, 3.05) is 6.61 Å². The van der Waals surface area contributed by atoms with E-state index < -0.39 is 23.1 Å². The van der Waals surface area contributed by atoms with Crippen LogP contribution in [-0.4, -0.2) is 20.7 Å². The summed E-state index contributed by atoms with van der Waals surface area (Å²) in [6.45, 7) is -0.236. The number of ether oxygens (including phenoxy) is 1. The van der Waals surface area contributed by atoms with Crippen LogP contribution in [0.3, 0.4) is 0 Å². The number of hydrogen-bond donors (Lipinski definition) is 0. The molecule has 0 aliphatic carbocycles. The molecule has 148 valence electrons. The molecule has 0 aliphatic heterocycles. The quantitative estimate of drug-likeness (QED) is 0.631. The lowest BCUT2D eigenvalue weighted by Gasteiger charge is -2.13. The summed E-state index contributed by atoms with van der Waals surface area (Å²) in [6.07, 6.45) is -4.69. The Balaban J connectivity index is 1.95. The van der Waals surface area contributed by atoms with Gasteiger partial charge in [-0.25, -0.2) is 9.78 Å². The lowest BCUT2D eigenvalue weighted by atomic mass is 10.2. The monoisotopic (exact) mass is 433 g/mol. The first-order chi connectivity index (χ1) is 13.1. The van der Waals surface area contributed by atoms with Gasteiger partial charge in [0.15, 0.2) is 0 Å². The van der Waals surface area contributed by atoms with Crippen molar-refractivity contribution >= 4 is 34.2 Å². The summed E-state index contributed by atoms with van der Waals surface area (Å²) in [7, 11) is 1.24. The smallest absolute Gasteiger partial charge is 0.433 e. The Kier molecular flexibility index (Phi) is 5.40. The van der Waals surface area contributed by atoms with Gasteiger partial charge in [0.05, 0.1) is 17.0 Å². The van der Waals surface area contributed by atoms with Gasteiger partial charge in [-0.1, -0.05) is 23.2 Å². The maximum atomic E-state index is 12.8. The topological polar surface area (TPSA) is 66.1 Å². The zero-order valence-corrected chi connectivity index (χ0v) is 15.8. The molecule has 0 unspecified atom stereocenters. The SMILES string of the molecule is Cn1c(=O)n(CCOc2cc(Cl)ccc2Cl)c(=O)c2ccc(C(F)(F)F)nc21. The van der Waals surface area contributed by atoms with E-state index in [1.807, 2.05) is 0 Å². The number of aryl methyl sites for hydroxylation is 1. The Bertz CT molecular complexity index is 1170. The van der Waals surface area contributed by atoms with Crippen LogP contribution in [0, 0.1) is 0 Å². The lowest BCUT2D eigenvalue weighted by molar-refractivity contribution is -0.141. The molecule has 2 heterocycles. The predicted octanol–water partition coefficient (Wildman–Crippen LogP) is 3.50. The molecule has 0 saturated heterocycles. The van der Waals surface area contributed by atoms with Crippen molar-refractivity contribution in [1.29, 1.82) is 0 Å². The van der Waals surface area contributed by atoms with Gasteiger partial charge in [0.2, 0.25) is 0 Å². The average Bonchev–Trinajstić information content (AvgIpc) is 2.64. The number of benzene rings is 1. The number of pyridine rings is 1. The Morgan fingerprint density at radius 1 is 1.14 bits per heavy atom. The fourth-order valence-corrected chi connectivity index (χ4v) is 2.90. The van der Waals surface area contributed by atoms with Crippen LogP contribution in [0.5, 0.6) is 5.75 Å². The van der Waals surface area contributed by atoms with Gasteiger partial charge in [0, 0.05) is 18.1 Å². The van der Waals surface area contributed by atoms with Gasteiger partial charge < -0.3 is 4.74 Å². The van der Waals surface area contributed by atoms with Crippen LogP contribution < -0.4 is 16.0 Å². The highest BCUT2D eigenvalue weighted by Crippen LogP contribution is 2.28. The number of aromatic nitrogens is 3. The first-order valence-corrected chi connectivity index (χ1v) is 8.61. The van der Waals surface area contributed by atoms with Crippen LogP contribution >= 0.6 is 23.2 Å². The minimum atomic E-state index is -4.69. The summed E-state index contributed by atoms with van der Waals surface area (Å²) in [5.74, 6) is 0.274. The van der Waals surface area contributed by atoms with Gasteiger partial charge >= 0.3 is 11.9 Å². The normalized spacial score (nSPS) is 11.8. The maximum absolute atomic E-state index is 12.8. The van der Waals surface area contributed by atoms with Crippen molar-refractivity contribution in [2.24, 2.45) is 7.05 Å². The molecule has 3 aromatic rings. The van der Waals surface area contributed by atoms with E-state index in [1.54, 1.807) is 6.07 Å². The third kappa shape index (κ3) is 3.85. The molecule has 2 aromatic heterocycles. The van der Waals surface area contributed by atoms with Crippen LogP contribution in [0.2, 0.25) is 10.0 Å². The highest BCUT2D eigenvalue weighted by Gasteiger charge is 2.33. The molecule has 0 radical (unpaired) electrons. The van der Waals surface area contributed by atoms with Crippen molar-refractivity contribution < 1.29 is 17.9 Å². The van der Waals surface area contributed by atoms with E-state index >= 15 is 0 Å². The van der Waals surface area contributed by atoms with Gasteiger partial charge in [0.25, 0.3) is 5.56 Å². The Morgan fingerprint density at radius 2 is 1.86 bits per heavy atom. The summed E-state index contributed by atoms with van der Waals surface area (Å²) in [5.41, 5.74) is -3.11. The molecule has 0 amide bonds. The average molecular weight is 434 g/mol. The van der Waals surface area contributed by atoms with Crippen LogP contribution in [0.4, 0.5) is 13.2 Å². The molecule has 0 spiro atoms. The fourth-order valence-electron chi connectivity index (χ4n) is 2.56. The van der Waals surface area contributed by atoms with E-state index in [-0.39, 0.29) is 29.9 Å². The van der Waals surface area contributed by atoms with E-state index in [0.717, 1.165) is 15.2 Å². The van der Waals surface area contributed by atoms with Crippen LogP contribution in [0.25, 0.3) is 11.0 Å². The Labute approximate surface area is 165 Å². The third-order valence-electron chi connectivity index (χ3n) is 3.94. The highest BCUT2D eigenvalue weighted by molar-refractivity contribution is 6.34. The van der Waals surface area contributed by atoms with Gasteiger partial charge in [-0.2, -0.15) is 13.2 Å². The van der Waals surface area contributed by atoms with Gasteiger partial charge in [-0.15, -0.1) is 0 Å². The molecule has 0 aliphatic rings. The zero-order valence-electron chi connectivity index (χ0n) is 14.3. The molecular weight excluding hydrogens is 422 g/mol. The lowest BCUT2D eigenvalue weighted by Crippen LogP contribution is -2.40. The van der Waals surface area contributed by atoms with Gasteiger partial charge in [-0.05, 0) is 24.3 Å². The largest absolute Gasteiger partial charge is 0.490 e. The van der Waals surface area contributed by atoms with E-state index in [0.29, 0.717) is 16.1 Å². The molecule has 1 aromatic carbocycles. The molecule has 0 atom stereocenters. The van der Waals surface area contributed by atoms with Gasteiger partial charge in [0.1, 0.15) is 23.7 Å². The van der Waals surface area contributed by atoms with Crippen molar-refractivity contribution in [3.8, 4) is 5.75 Å². The Morgan fingerprint density at radius 3 is 2.54 bits per heavy atom. The van der Waals surface area contributed by atoms with Crippen LogP contribution in [0.15, 0.2) is 39.9 Å². The number of alkyl halides is 3. The second-order valence-corrected chi connectivity index (χ2v) is 6.63. The van der Waals surface area contributed by atoms with Crippen molar-refractivity contribution in [3.05, 3.63) is 66.9 Å². The van der Waals surface area contributed by atoms with Gasteiger partial charge in [-0.3, -0.25) is 13.9 Å².